The summed E-state index contributed by atoms with van der Waals surface area (Å²) < 4.78 is 10.2. The van der Waals surface area contributed by atoms with Gasteiger partial charge in [0.15, 0.2) is 0 Å². The molecule has 0 saturated heterocycles. The highest BCUT2D eigenvalue weighted by Gasteiger charge is 2.25. The van der Waals surface area contributed by atoms with Crippen LogP contribution in [0.4, 0.5) is 5.00 Å². The number of aryl methyl sites for hydroxylation is 3. The number of esters is 1. The Balaban J connectivity index is 2.40. The molecule has 2 heterocycles. The van der Waals surface area contributed by atoms with Gasteiger partial charge in [-0.1, -0.05) is 12.1 Å². The van der Waals surface area contributed by atoms with E-state index in [2.05, 4.69) is 10.5 Å². The van der Waals surface area contributed by atoms with Gasteiger partial charge >= 0.3 is 5.97 Å². The molecule has 0 saturated carbocycles. The summed E-state index contributed by atoms with van der Waals surface area (Å²) in [6.45, 7) is 9.32. The Hall–Kier alpha value is -2.15. The van der Waals surface area contributed by atoms with Crippen LogP contribution in [0.5, 0.6) is 0 Å². The fourth-order valence-electron chi connectivity index (χ4n) is 2.48. The number of hydrogen-bond acceptors (Lipinski definition) is 6. The monoisotopic (exact) mass is 336 g/mol. The molecule has 0 bridgehead atoms. The van der Waals surface area contributed by atoms with Crippen molar-refractivity contribution in [1.29, 1.82) is 0 Å². The predicted octanol–water partition coefficient (Wildman–Crippen LogP) is 3.65. The van der Waals surface area contributed by atoms with Crippen molar-refractivity contribution in [2.75, 3.05) is 11.9 Å². The second kappa shape index (κ2) is 6.95. The van der Waals surface area contributed by atoms with E-state index >= 15 is 0 Å². The van der Waals surface area contributed by atoms with Gasteiger partial charge in [0.1, 0.15) is 16.3 Å². The van der Waals surface area contributed by atoms with Crippen LogP contribution in [0.3, 0.4) is 0 Å². The maximum Gasteiger partial charge on any atom is 0.341 e. The van der Waals surface area contributed by atoms with E-state index in [0.29, 0.717) is 34.0 Å². The first-order valence-electron chi connectivity index (χ1n) is 7.44. The van der Waals surface area contributed by atoms with Crippen molar-refractivity contribution in [2.45, 2.75) is 41.0 Å². The number of carbonyl (C=O) groups excluding carboxylic acids is 2. The molecule has 7 heteroatoms. The van der Waals surface area contributed by atoms with Gasteiger partial charge in [-0.05, 0) is 39.7 Å². The SMILES string of the molecule is CCOC(=O)c1c(NC(=O)c2c(C)noc2C)sc(C)c1CC. The third kappa shape index (κ3) is 3.29. The zero-order valence-corrected chi connectivity index (χ0v) is 14.7. The van der Waals surface area contributed by atoms with Crippen molar-refractivity contribution in [1.82, 2.24) is 5.16 Å². The molecule has 0 atom stereocenters. The molecule has 6 nitrogen and oxygen atoms in total. The molecular weight excluding hydrogens is 316 g/mol. The number of nitrogens with one attached hydrogen (secondary N) is 1. The fraction of sp³-hybridized carbons (Fsp3) is 0.438. The number of carbonyl (C=O) groups is 2. The van der Waals surface area contributed by atoms with Crippen LogP contribution in [0, 0.1) is 20.8 Å². The van der Waals surface area contributed by atoms with Crippen LogP contribution in [0.25, 0.3) is 0 Å². The van der Waals surface area contributed by atoms with E-state index in [9.17, 15) is 9.59 Å². The van der Waals surface area contributed by atoms with Gasteiger partial charge in [0.2, 0.25) is 0 Å². The van der Waals surface area contributed by atoms with Crippen LogP contribution < -0.4 is 5.32 Å². The lowest BCUT2D eigenvalue weighted by Crippen LogP contribution is -2.16. The number of ether oxygens (including phenoxy) is 1. The number of anilines is 1. The lowest BCUT2D eigenvalue weighted by Gasteiger charge is -2.07. The molecule has 0 aliphatic heterocycles. The molecular formula is C16H20N2O4S. The summed E-state index contributed by atoms with van der Waals surface area (Å²) in [5, 5.41) is 7.09. The third-order valence-corrected chi connectivity index (χ3v) is 4.59. The fourth-order valence-corrected chi connectivity index (χ4v) is 3.61. The molecule has 0 radical (unpaired) electrons. The zero-order valence-electron chi connectivity index (χ0n) is 13.9. The molecule has 23 heavy (non-hydrogen) atoms. The maximum atomic E-state index is 12.5. The van der Waals surface area contributed by atoms with Gasteiger partial charge in [0.05, 0.1) is 17.9 Å². The van der Waals surface area contributed by atoms with E-state index in [-0.39, 0.29) is 12.5 Å². The third-order valence-electron chi connectivity index (χ3n) is 3.53. The molecule has 2 aromatic heterocycles. The summed E-state index contributed by atoms with van der Waals surface area (Å²) in [4.78, 5) is 25.8. The normalized spacial score (nSPS) is 10.7. The van der Waals surface area contributed by atoms with E-state index in [0.717, 1.165) is 10.4 Å². The lowest BCUT2D eigenvalue weighted by molar-refractivity contribution is 0.0527. The minimum Gasteiger partial charge on any atom is -0.462 e. The van der Waals surface area contributed by atoms with E-state index in [1.165, 1.54) is 11.3 Å². The van der Waals surface area contributed by atoms with Gasteiger partial charge in [0, 0.05) is 4.88 Å². The zero-order chi connectivity index (χ0) is 17.1. The first-order valence-corrected chi connectivity index (χ1v) is 8.25. The predicted molar refractivity (Wildman–Crippen MR) is 88.3 cm³/mol. The minimum absolute atomic E-state index is 0.286. The van der Waals surface area contributed by atoms with Gasteiger partial charge < -0.3 is 14.6 Å². The maximum absolute atomic E-state index is 12.5. The number of nitrogens with zero attached hydrogens (tertiary/aromatic N) is 1. The average molecular weight is 336 g/mol. The molecule has 0 fully saturated rings. The highest BCUT2D eigenvalue weighted by Crippen LogP contribution is 2.34. The molecule has 124 valence electrons. The van der Waals surface area contributed by atoms with E-state index < -0.39 is 5.97 Å². The standard InChI is InChI=1S/C16H20N2O4S/c1-6-11-10(5)23-15(13(11)16(20)21-7-2)17-14(19)12-8(3)18-22-9(12)4/h6-7H2,1-5H3,(H,17,19). The molecule has 0 aromatic carbocycles. The average Bonchev–Trinajstić information content (AvgIpc) is 2.98. The smallest absolute Gasteiger partial charge is 0.341 e. The Labute approximate surface area is 138 Å². The van der Waals surface area contributed by atoms with E-state index in [4.69, 9.17) is 9.26 Å². The Morgan fingerprint density at radius 1 is 1.22 bits per heavy atom. The highest BCUT2D eigenvalue weighted by atomic mass is 32.1. The molecule has 1 amide bonds. The van der Waals surface area contributed by atoms with Gasteiger partial charge in [-0.2, -0.15) is 0 Å². The van der Waals surface area contributed by atoms with Gasteiger partial charge in [-0.25, -0.2) is 4.79 Å². The molecule has 1 N–H and O–H groups in total. The topological polar surface area (TPSA) is 81.4 Å². The number of aromatic nitrogens is 1. The summed E-state index contributed by atoms with van der Waals surface area (Å²) >= 11 is 1.37. The van der Waals surface area contributed by atoms with Crippen molar-refractivity contribution in [2.24, 2.45) is 0 Å². The largest absolute Gasteiger partial charge is 0.462 e. The molecule has 0 unspecified atom stereocenters. The van der Waals surface area contributed by atoms with Crippen molar-refractivity contribution in [3.05, 3.63) is 33.0 Å². The summed E-state index contributed by atoms with van der Waals surface area (Å²) in [5.41, 5.74) is 2.25. The molecule has 0 aliphatic rings. The van der Waals surface area contributed by atoms with Crippen molar-refractivity contribution in [3.63, 3.8) is 0 Å². The number of hydrogen-bond donors (Lipinski definition) is 1. The Morgan fingerprint density at radius 2 is 1.91 bits per heavy atom. The van der Waals surface area contributed by atoms with Crippen LogP contribution in [0.2, 0.25) is 0 Å². The van der Waals surface area contributed by atoms with Crippen molar-refractivity contribution >= 4 is 28.2 Å². The first-order chi connectivity index (χ1) is 10.9. The molecule has 0 aliphatic carbocycles. The number of thiophene rings is 1. The molecule has 2 aromatic rings. The Kier molecular flexibility index (Phi) is 5.20. The summed E-state index contributed by atoms with van der Waals surface area (Å²) in [6, 6.07) is 0. The number of amides is 1. The van der Waals surface area contributed by atoms with Gasteiger partial charge in [0.25, 0.3) is 5.91 Å². The Morgan fingerprint density at radius 3 is 2.43 bits per heavy atom. The Bertz CT molecular complexity index is 726. The number of rotatable bonds is 5. The van der Waals surface area contributed by atoms with Crippen LogP contribution in [0.1, 0.15) is 56.5 Å². The van der Waals surface area contributed by atoms with Crippen LogP contribution in [0.15, 0.2) is 4.52 Å². The highest BCUT2D eigenvalue weighted by molar-refractivity contribution is 7.16. The minimum atomic E-state index is -0.414. The van der Waals surface area contributed by atoms with Crippen LogP contribution in [-0.2, 0) is 11.2 Å². The van der Waals surface area contributed by atoms with Crippen molar-refractivity contribution in [3.8, 4) is 0 Å². The molecule has 2 rings (SSSR count). The first kappa shape index (κ1) is 17.2. The van der Waals surface area contributed by atoms with Crippen molar-refractivity contribution < 1.29 is 18.8 Å². The quantitative estimate of drug-likeness (QED) is 0.843. The lowest BCUT2D eigenvalue weighted by atomic mass is 10.1. The summed E-state index contributed by atoms with van der Waals surface area (Å²) in [5.74, 6) is -0.305. The van der Waals surface area contributed by atoms with Gasteiger partial charge in [-0.3, -0.25) is 4.79 Å². The van der Waals surface area contributed by atoms with E-state index in [1.807, 2.05) is 13.8 Å². The van der Waals surface area contributed by atoms with E-state index in [1.54, 1.807) is 20.8 Å². The second-order valence-electron chi connectivity index (χ2n) is 5.07. The second-order valence-corrected chi connectivity index (χ2v) is 6.29. The summed E-state index contributed by atoms with van der Waals surface area (Å²) in [7, 11) is 0. The van der Waals surface area contributed by atoms with Crippen LogP contribution in [-0.4, -0.2) is 23.6 Å². The molecule has 0 spiro atoms. The van der Waals surface area contributed by atoms with Gasteiger partial charge in [-0.15, -0.1) is 11.3 Å². The van der Waals surface area contributed by atoms with Crippen LogP contribution >= 0.6 is 11.3 Å². The summed E-state index contributed by atoms with van der Waals surface area (Å²) in [6.07, 6.45) is 0.692.